The summed E-state index contributed by atoms with van der Waals surface area (Å²) in [5.41, 5.74) is 0.145. The van der Waals surface area contributed by atoms with Gasteiger partial charge >= 0.3 is 5.97 Å². The highest BCUT2D eigenvalue weighted by atomic mass is 16.5. The molecule has 0 aliphatic carbocycles. The molecule has 1 unspecified atom stereocenters. The highest BCUT2D eigenvalue weighted by Crippen LogP contribution is 2.25. The molecule has 1 saturated heterocycles. The van der Waals surface area contributed by atoms with Crippen molar-refractivity contribution in [3.8, 4) is 11.5 Å². The molecular weight excluding hydrogens is 270 g/mol. The molecule has 0 saturated carbocycles. The van der Waals surface area contributed by atoms with Crippen molar-refractivity contribution < 1.29 is 19.4 Å². The molecule has 5 nitrogen and oxygen atoms in total. The Kier molecular flexibility index (Phi) is 5.44. The average Bonchev–Trinajstić information content (AvgIpc) is 2.49. The lowest BCUT2D eigenvalue weighted by Gasteiger charge is -2.32. The summed E-state index contributed by atoms with van der Waals surface area (Å²) in [7, 11) is 3.65. The second kappa shape index (κ2) is 7.31. The molecule has 1 N–H and O–H groups in total. The van der Waals surface area contributed by atoms with Gasteiger partial charge in [-0.2, -0.15) is 0 Å². The molecule has 1 atom stereocenters. The Morgan fingerprint density at radius 1 is 1.43 bits per heavy atom. The van der Waals surface area contributed by atoms with E-state index in [0.29, 0.717) is 24.1 Å². The Labute approximate surface area is 125 Å². The van der Waals surface area contributed by atoms with Crippen LogP contribution in [-0.4, -0.2) is 49.3 Å². The van der Waals surface area contributed by atoms with E-state index in [1.54, 1.807) is 12.1 Å². The number of hydrogen-bond acceptors (Lipinski definition) is 4. The largest absolute Gasteiger partial charge is 0.497 e. The number of carbonyl (C=O) groups is 1. The third-order valence-electron chi connectivity index (χ3n) is 4.05. The van der Waals surface area contributed by atoms with Crippen molar-refractivity contribution in [1.29, 1.82) is 0 Å². The first kappa shape index (κ1) is 15.6. The standard InChI is InChI=1S/C16H23NO4/c1-17-9-4-3-5-12(17)8-10-21-15-7-6-13(20-2)11-14(15)16(18)19/h6-7,11-12H,3-5,8-10H2,1-2H3,(H,18,19). The van der Waals surface area contributed by atoms with Crippen molar-refractivity contribution in [3.05, 3.63) is 23.8 Å². The topological polar surface area (TPSA) is 59.0 Å². The molecule has 21 heavy (non-hydrogen) atoms. The van der Waals surface area contributed by atoms with Crippen molar-refractivity contribution in [2.75, 3.05) is 27.3 Å². The van der Waals surface area contributed by atoms with Crippen LogP contribution in [0.2, 0.25) is 0 Å². The molecule has 0 radical (unpaired) electrons. The Bertz CT molecular complexity index is 489. The molecule has 1 aliphatic rings. The van der Waals surface area contributed by atoms with Gasteiger partial charge in [-0.05, 0) is 51.1 Å². The van der Waals surface area contributed by atoms with Crippen LogP contribution in [0.25, 0.3) is 0 Å². The molecule has 1 heterocycles. The van der Waals surface area contributed by atoms with Crippen molar-refractivity contribution in [2.24, 2.45) is 0 Å². The van der Waals surface area contributed by atoms with Gasteiger partial charge in [0.05, 0.1) is 13.7 Å². The zero-order valence-corrected chi connectivity index (χ0v) is 12.7. The molecule has 1 fully saturated rings. The minimum atomic E-state index is -1.00. The Morgan fingerprint density at radius 2 is 2.24 bits per heavy atom. The van der Waals surface area contributed by atoms with Gasteiger partial charge in [-0.15, -0.1) is 0 Å². The van der Waals surface area contributed by atoms with E-state index in [0.717, 1.165) is 13.0 Å². The van der Waals surface area contributed by atoms with E-state index in [-0.39, 0.29) is 5.56 Å². The number of carboxylic acids is 1. The summed E-state index contributed by atoms with van der Waals surface area (Å²) in [5, 5.41) is 9.23. The summed E-state index contributed by atoms with van der Waals surface area (Å²) < 4.78 is 10.7. The number of hydrogen-bond donors (Lipinski definition) is 1. The van der Waals surface area contributed by atoms with Crippen LogP contribution in [0, 0.1) is 0 Å². The minimum absolute atomic E-state index is 0.145. The van der Waals surface area contributed by atoms with E-state index in [2.05, 4.69) is 11.9 Å². The summed E-state index contributed by atoms with van der Waals surface area (Å²) in [5.74, 6) is -0.0767. The van der Waals surface area contributed by atoms with Crippen LogP contribution in [0.1, 0.15) is 36.0 Å². The smallest absolute Gasteiger partial charge is 0.339 e. The molecular formula is C16H23NO4. The molecule has 0 spiro atoms. The van der Waals surface area contributed by atoms with E-state index in [4.69, 9.17) is 9.47 Å². The van der Waals surface area contributed by atoms with Crippen molar-refractivity contribution in [1.82, 2.24) is 4.90 Å². The number of carboxylic acid groups (broad SMARTS) is 1. The first-order valence-electron chi connectivity index (χ1n) is 7.36. The zero-order chi connectivity index (χ0) is 15.2. The lowest BCUT2D eigenvalue weighted by molar-refractivity contribution is 0.0691. The number of benzene rings is 1. The van der Waals surface area contributed by atoms with Crippen LogP contribution in [0.5, 0.6) is 11.5 Å². The second-order valence-corrected chi connectivity index (χ2v) is 5.43. The highest BCUT2D eigenvalue weighted by Gasteiger charge is 2.19. The van der Waals surface area contributed by atoms with Crippen molar-refractivity contribution in [3.63, 3.8) is 0 Å². The van der Waals surface area contributed by atoms with Crippen molar-refractivity contribution >= 4 is 5.97 Å². The van der Waals surface area contributed by atoms with Crippen LogP contribution >= 0.6 is 0 Å². The van der Waals surface area contributed by atoms with Gasteiger partial charge in [-0.1, -0.05) is 6.42 Å². The zero-order valence-electron chi connectivity index (χ0n) is 12.7. The molecule has 1 aliphatic heterocycles. The number of methoxy groups -OCH3 is 1. The van der Waals surface area contributed by atoms with Gasteiger partial charge in [-0.25, -0.2) is 4.79 Å². The summed E-state index contributed by atoms with van der Waals surface area (Å²) >= 11 is 0. The monoisotopic (exact) mass is 293 g/mol. The van der Waals surface area contributed by atoms with Gasteiger partial charge in [0.1, 0.15) is 17.1 Å². The molecule has 0 amide bonds. The SMILES string of the molecule is COc1ccc(OCCC2CCCCN2C)c(C(=O)O)c1. The van der Waals surface area contributed by atoms with Crippen LogP contribution in [-0.2, 0) is 0 Å². The van der Waals surface area contributed by atoms with E-state index in [1.807, 2.05) is 0 Å². The van der Waals surface area contributed by atoms with Crippen LogP contribution < -0.4 is 9.47 Å². The van der Waals surface area contributed by atoms with Crippen LogP contribution in [0.4, 0.5) is 0 Å². The molecule has 0 aromatic heterocycles. The summed E-state index contributed by atoms with van der Waals surface area (Å²) in [6.07, 6.45) is 4.63. The van der Waals surface area contributed by atoms with Gasteiger partial charge in [0, 0.05) is 6.04 Å². The third-order valence-corrected chi connectivity index (χ3v) is 4.05. The maximum atomic E-state index is 11.3. The third kappa shape index (κ3) is 4.11. The lowest BCUT2D eigenvalue weighted by Crippen LogP contribution is -2.37. The minimum Gasteiger partial charge on any atom is -0.497 e. The maximum Gasteiger partial charge on any atom is 0.339 e. The van der Waals surface area contributed by atoms with Gasteiger partial charge in [-0.3, -0.25) is 0 Å². The number of aromatic carboxylic acids is 1. The summed E-state index contributed by atoms with van der Waals surface area (Å²) in [4.78, 5) is 13.6. The van der Waals surface area contributed by atoms with E-state index in [9.17, 15) is 9.90 Å². The van der Waals surface area contributed by atoms with Gasteiger partial charge in [0.25, 0.3) is 0 Å². The fourth-order valence-corrected chi connectivity index (χ4v) is 2.74. The van der Waals surface area contributed by atoms with Crippen LogP contribution in [0.15, 0.2) is 18.2 Å². The normalized spacial score (nSPS) is 19.2. The average molecular weight is 293 g/mol. The Hall–Kier alpha value is -1.75. The first-order valence-corrected chi connectivity index (χ1v) is 7.36. The first-order chi connectivity index (χ1) is 10.1. The molecule has 1 aromatic rings. The number of rotatable bonds is 6. The van der Waals surface area contributed by atoms with Gasteiger partial charge in [0.15, 0.2) is 0 Å². The van der Waals surface area contributed by atoms with E-state index in [1.165, 1.54) is 32.4 Å². The molecule has 0 bridgehead atoms. The number of likely N-dealkylation sites (tertiary alicyclic amines) is 1. The fourth-order valence-electron chi connectivity index (χ4n) is 2.74. The van der Waals surface area contributed by atoms with E-state index < -0.39 is 5.97 Å². The van der Waals surface area contributed by atoms with Crippen molar-refractivity contribution in [2.45, 2.75) is 31.7 Å². The maximum absolute atomic E-state index is 11.3. The predicted molar refractivity (Wildman–Crippen MR) is 80.3 cm³/mol. The van der Waals surface area contributed by atoms with Gasteiger partial charge in [0.2, 0.25) is 0 Å². The number of ether oxygens (including phenoxy) is 2. The molecule has 116 valence electrons. The fraction of sp³-hybridized carbons (Fsp3) is 0.562. The number of nitrogens with zero attached hydrogens (tertiary/aromatic N) is 1. The predicted octanol–water partition coefficient (Wildman–Crippen LogP) is 2.65. The Morgan fingerprint density at radius 3 is 2.90 bits per heavy atom. The second-order valence-electron chi connectivity index (χ2n) is 5.43. The quantitative estimate of drug-likeness (QED) is 0.873. The van der Waals surface area contributed by atoms with Gasteiger partial charge < -0.3 is 19.5 Å². The number of piperidine rings is 1. The lowest BCUT2D eigenvalue weighted by atomic mass is 10.0. The molecule has 1 aromatic carbocycles. The highest BCUT2D eigenvalue weighted by molar-refractivity contribution is 5.91. The Balaban J connectivity index is 1.94. The molecule has 5 heteroatoms. The van der Waals surface area contributed by atoms with Crippen LogP contribution in [0.3, 0.4) is 0 Å². The molecule has 2 rings (SSSR count). The summed E-state index contributed by atoms with van der Waals surface area (Å²) in [6, 6.07) is 5.40. The summed E-state index contributed by atoms with van der Waals surface area (Å²) in [6.45, 7) is 1.66. The van der Waals surface area contributed by atoms with E-state index >= 15 is 0 Å².